The van der Waals surface area contributed by atoms with Crippen molar-refractivity contribution in [3.8, 4) is 0 Å². The lowest BCUT2D eigenvalue weighted by atomic mass is 9.98. The van der Waals surface area contributed by atoms with Crippen LogP contribution in [0.1, 0.15) is 252 Å². The quantitative estimate of drug-likeness (QED) is 0.0228. The Morgan fingerprint density at radius 1 is 0.479 bits per heavy atom. The molecule has 6 unspecified atom stereocenters. The highest BCUT2D eigenvalue weighted by Crippen LogP contribution is 2.26. The molecule has 0 aromatic carbocycles. The van der Waals surface area contributed by atoms with Gasteiger partial charge in [0.05, 0.1) is 6.61 Å². The molecule has 12 nitrogen and oxygen atoms in total. The predicted molar refractivity (Wildman–Crippen MR) is 285 cm³/mol. The zero-order chi connectivity index (χ0) is 51.8. The number of hydrogen-bond acceptors (Lipinski definition) is 11. The number of carbonyl (C=O) groups excluding carboxylic acids is 3. The first-order valence-corrected chi connectivity index (χ1v) is 28.6. The van der Waals surface area contributed by atoms with Crippen molar-refractivity contribution >= 4 is 23.9 Å². The molecule has 3 N–H and O–H groups in total. The minimum Gasteiger partial charge on any atom is -0.479 e. The lowest BCUT2D eigenvalue weighted by Gasteiger charge is -2.40. The first kappa shape index (κ1) is 65.7. The number of aliphatic hydroxyl groups is 2. The molecular formula is C59H102O12. The van der Waals surface area contributed by atoms with E-state index in [0.717, 1.165) is 109 Å². The molecule has 1 fully saturated rings. The summed E-state index contributed by atoms with van der Waals surface area (Å²) in [5.74, 6) is -3.14. The van der Waals surface area contributed by atoms with Crippen LogP contribution in [0.3, 0.4) is 0 Å². The number of esters is 3. The van der Waals surface area contributed by atoms with Crippen molar-refractivity contribution in [1.82, 2.24) is 0 Å². The summed E-state index contributed by atoms with van der Waals surface area (Å²) >= 11 is 0. The molecule has 0 aromatic rings. The standard InChI is InChI=1S/C59H102O12/c1-4-7-10-13-16-19-22-24-26-28-31-33-36-39-42-45-51(60)67-48-50(69-52(61)46-43-40-37-35-32-29-27-25-23-20-17-14-11-8-5-2)49-68-59-57(55(64)54(63)56(71-59)58(65)66)70-53(62)47-44-41-38-34-30-21-18-15-12-9-6-3/h7,10,15-16,18-19,24,26,50,54-57,59,63-64H,4-6,8-9,11-14,17,20-23,25,27-49H2,1-3H3,(H,65,66)/b10-7-,18-15-,19-16-,26-24-. The summed E-state index contributed by atoms with van der Waals surface area (Å²) < 4.78 is 28.4. The molecule has 1 aliphatic heterocycles. The number of carboxylic acid groups (broad SMARTS) is 1. The fourth-order valence-electron chi connectivity index (χ4n) is 8.48. The second-order valence-corrected chi connectivity index (χ2v) is 19.5. The minimum absolute atomic E-state index is 0.0496. The average Bonchev–Trinajstić information content (AvgIpc) is 3.35. The van der Waals surface area contributed by atoms with E-state index in [0.29, 0.717) is 19.3 Å². The fourth-order valence-corrected chi connectivity index (χ4v) is 8.48. The highest BCUT2D eigenvalue weighted by Gasteiger charge is 2.50. The molecule has 0 aliphatic carbocycles. The zero-order valence-corrected chi connectivity index (χ0v) is 45.0. The van der Waals surface area contributed by atoms with Crippen molar-refractivity contribution in [2.24, 2.45) is 0 Å². The number of carboxylic acids is 1. The fraction of sp³-hybridized carbons (Fsp3) is 0.797. The molecule has 1 saturated heterocycles. The number of aliphatic carboxylic acids is 1. The number of rotatable bonds is 48. The van der Waals surface area contributed by atoms with Crippen LogP contribution in [0.15, 0.2) is 48.6 Å². The molecule has 0 bridgehead atoms. The van der Waals surface area contributed by atoms with Gasteiger partial charge in [0.25, 0.3) is 0 Å². The molecule has 1 rings (SSSR count). The lowest BCUT2D eigenvalue weighted by molar-refractivity contribution is -0.301. The van der Waals surface area contributed by atoms with E-state index < -0.39 is 67.3 Å². The smallest absolute Gasteiger partial charge is 0.335 e. The Kier molecular flexibility index (Phi) is 44.1. The molecule has 0 saturated carbocycles. The molecule has 71 heavy (non-hydrogen) atoms. The summed E-state index contributed by atoms with van der Waals surface area (Å²) in [5.41, 5.74) is 0. The van der Waals surface area contributed by atoms with Gasteiger partial charge in [-0.2, -0.15) is 0 Å². The summed E-state index contributed by atoms with van der Waals surface area (Å²) in [7, 11) is 0. The number of aliphatic hydroxyl groups excluding tert-OH is 2. The van der Waals surface area contributed by atoms with E-state index in [9.17, 15) is 34.5 Å². The minimum atomic E-state index is -1.90. The Labute approximate surface area is 431 Å². The van der Waals surface area contributed by atoms with Crippen molar-refractivity contribution in [1.29, 1.82) is 0 Å². The van der Waals surface area contributed by atoms with Crippen LogP contribution in [0.2, 0.25) is 0 Å². The van der Waals surface area contributed by atoms with Crippen LogP contribution in [-0.2, 0) is 42.9 Å². The summed E-state index contributed by atoms with van der Waals surface area (Å²) in [6.45, 7) is 5.82. The maximum atomic E-state index is 13.1. The van der Waals surface area contributed by atoms with Gasteiger partial charge in [0.1, 0.15) is 18.8 Å². The van der Waals surface area contributed by atoms with Gasteiger partial charge in [-0.15, -0.1) is 0 Å². The van der Waals surface area contributed by atoms with Crippen LogP contribution < -0.4 is 0 Å². The topological polar surface area (TPSA) is 175 Å². The molecular weight excluding hydrogens is 901 g/mol. The molecule has 0 aromatic heterocycles. The second-order valence-electron chi connectivity index (χ2n) is 19.5. The van der Waals surface area contributed by atoms with Crippen LogP contribution in [0.5, 0.6) is 0 Å². The Hall–Kier alpha value is -3.32. The third-order valence-electron chi connectivity index (χ3n) is 12.9. The Morgan fingerprint density at radius 3 is 1.41 bits per heavy atom. The van der Waals surface area contributed by atoms with Gasteiger partial charge in [-0.3, -0.25) is 14.4 Å². The molecule has 1 heterocycles. The van der Waals surface area contributed by atoms with E-state index in [2.05, 4.69) is 69.4 Å². The van der Waals surface area contributed by atoms with Crippen molar-refractivity contribution in [3.63, 3.8) is 0 Å². The first-order chi connectivity index (χ1) is 34.6. The summed E-state index contributed by atoms with van der Waals surface area (Å²) in [4.78, 5) is 51.0. The SMILES string of the molecule is CC/C=C\C/C=C\C/C=C\CCCCCCCC(=O)OCC(COC1OC(C(=O)O)C(O)C(O)C1OC(=O)CCCCCCC/C=C\CCCC)OC(=O)CCCCCCCCCCCCCCCCC. The largest absolute Gasteiger partial charge is 0.479 e. The number of allylic oxidation sites excluding steroid dienone is 8. The average molecular weight is 1000 g/mol. The number of carbonyl (C=O) groups is 4. The van der Waals surface area contributed by atoms with E-state index >= 15 is 0 Å². The highest BCUT2D eigenvalue weighted by atomic mass is 16.7. The summed E-state index contributed by atoms with van der Waals surface area (Å²) in [6.07, 6.45) is 43.8. The van der Waals surface area contributed by atoms with Crippen LogP contribution in [0.4, 0.5) is 0 Å². The van der Waals surface area contributed by atoms with Gasteiger partial charge in [-0.1, -0.05) is 211 Å². The van der Waals surface area contributed by atoms with Crippen molar-refractivity contribution in [2.45, 2.75) is 289 Å². The second kappa shape index (κ2) is 47.7. The van der Waals surface area contributed by atoms with Crippen molar-refractivity contribution in [2.75, 3.05) is 13.2 Å². The van der Waals surface area contributed by atoms with Gasteiger partial charge in [0.15, 0.2) is 24.6 Å². The number of hydrogen-bond donors (Lipinski definition) is 3. The molecule has 1 aliphatic rings. The Balaban J connectivity index is 2.71. The molecule has 6 atom stereocenters. The molecule has 0 amide bonds. The van der Waals surface area contributed by atoms with Gasteiger partial charge in [-0.25, -0.2) is 4.79 Å². The molecule has 12 heteroatoms. The first-order valence-electron chi connectivity index (χ1n) is 28.6. The van der Waals surface area contributed by atoms with Crippen LogP contribution >= 0.6 is 0 Å². The lowest BCUT2D eigenvalue weighted by Crippen LogP contribution is -2.61. The monoisotopic (exact) mass is 1000 g/mol. The predicted octanol–water partition coefficient (Wildman–Crippen LogP) is 14.2. The third-order valence-corrected chi connectivity index (χ3v) is 12.9. The van der Waals surface area contributed by atoms with Crippen LogP contribution in [-0.4, -0.2) is 89.2 Å². The van der Waals surface area contributed by atoms with E-state index in [1.165, 1.54) is 83.5 Å². The van der Waals surface area contributed by atoms with Gasteiger partial charge in [0, 0.05) is 19.3 Å². The molecule has 0 radical (unpaired) electrons. The normalized spacial score (nSPS) is 18.8. The van der Waals surface area contributed by atoms with E-state index in [-0.39, 0.29) is 25.9 Å². The summed E-state index contributed by atoms with van der Waals surface area (Å²) in [5, 5.41) is 31.4. The van der Waals surface area contributed by atoms with E-state index in [1.807, 2.05) is 0 Å². The maximum absolute atomic E-state index is 13.1. The Bertz CT molecular complexity index is 1420. The zero-order valence-electron chi connectivity index (χ0n) is 45.0. The highest BCUT2D eigenvalue weighted by molar-refractivity contribution is 5.74. The van der Waals surface area contributed by atoms with Crippen LogP contribution in [0.25, 0.3) is 0 Å². The van der Waals surface area contributed by atoms with E-state index in [1.54, 1.807) is 0 Å². The van der Waals surface area contributed by atoms with Crippen molar-refractivity contribution in [3.05, 3.63) is 48.6 Å². The van der Waals surface area contributed by atoms with Crippen molar-refractivity contribution < 1.29 is 58.2 Å². The third kappa shape index (κ3) is 38.0. The molecule has 410 valence electrons. The Morgan fingerprint density at radius 2 is 0.901 bits per heavy atom. The maximum Gasteiger partial charge on any atom is 0.335 e. The number of ether oxygens (including phenoxy) is 5. The van der Waals surface area contributed by atoms with Crippen LogP contribution in [0, 0.1) is 0 Å². The summed E-state index contributed by atoms with van der Waals surface area (Å²) in [6, 6.07) is 0. The van der Waals surface area contributed by atoms with Gasteiger partial charge >= 0.3 is 23.9 Å². The number of unbranched alkanes of at least 4 members (excludes halogenated alkanes) is 26. The van der Waals surface area contributed by atoms with Gasteiger partial charge in [-0.05, 0) is 70.6 Å². The molecule has 0 spiro atoms. The van der Waals surface area contributed by atoms with Gasteiger partial charge in [0.2, 0.25) is 0 Å². The van der Waals surface area contributed by atoms with E-state index in [4.69, 9.17) is 23.7 Å². The van der Waals surface area contributed by atoms with Gasteiger partial charge < -0.3 is 39.0 Å².